The van der Waals surface area contributed by atoms with Crippen LogP contribution in [0.2, 0.25) is 0 Å². The molecule has 0 radical (unpaired) electrons. The first-order valence-corrected chi connectivity index (χ1v) is 9.69. The summed E-state index contributed by atoms with van der Waals surface area (Å²) in [6, 6.07) is 8.63. The second-order valence-electron chi connectivity index (χ2n) is 6.11. The van der Waals surface area contributed by atoms with E-state index in [1.807, 2.05) is 13.8 Å². The number of carboxylic acid groups (broad SMARTS) is 1. The van der Waals surface area contributed by atoms with Gasteiger partial charge in [0.25, 0.3) is 0 Å². The summed E-state index contributed by atoms with van der Waals surface area (Å²) >= 11 is 6.92. The van der Waals surface area contributed by atoms with Crippen LogP contribution >= 0.6 is 31.9 Å². The highest BCUT2D eigenvalue weighted by Crippen LogP contribution is 2.39. The van der Waals surface area contributed by atoms with Crippen LogP contribution in [-0.2, 0) is 9.63 Å². The van der Waals surface area contributed by atoms with Crippen molar-refractivity contribution in [3.63, 3.8) is 0 Å². The topological polar surface area (TPSA) is 88.4 Å². The third-order valence-corrected chi connectivity index (χ3v) is 4.81. The van der Waals surface area contributed by atoms with E-state index in [0.29, 0.717) is 26.0 Å². The molecule has 0 fully saturated rings. The number of oxime groups is 1. The molecule has 2 aromatic carbocycles. The molecule has 0 bridgehead atoms. The molecule has 144 valence electrons. The van der Waals surface area contributed by atoms with E-state index in [9.17, 15) is 9.90 Å². The van der Waals surface area contributed by atoms with E-state index in [-0.39, 0.29) is 11.7 Å². The van der Waals surface area contributed by atoms with E-state index in [0.717, 1.165) is 5.56 Å². The van der Waals surface area contributed by atoms with Crippen LogP contribution in [0.3, 0.4) is 0 Å². The van der Waals surface area contributed by atoms with E-state index < -0.39 is 12.1 Å². The van der Waals surface area contributed by atoms with Crippen molar-refractivity contribution in [2.24, 2.45) is 5.16 Å². The molecule has 2 aromatic rings. The van der Waals surface area contributed by atoms with Gasteiger partial charge < -0.3 is 19.8 Å². The highest BCUT2D eigenvalue weighted by Gasteiger charge is 2.13. The lowest BCUT2D eigenvalue weighted by Crippen LogP contribution is -2.17. The molecule has 1 atom stereocenters. The Morgan fingerprint density at radius 2 is 1.78 bits per heavy atom. The number of phenolic OH excluding ortho intramolecular Hbond substituents is 1. The Labute approximate surface area is 174 Å². The number of carboxylic acids is 1. The summed E-state index contributed by atoms with van der Waals surface area (Å²) in [7, 11) is 0. The highest BCUT2D eigenvalue weighted by atomic mass is 79.9. The standard InChI is InChI=1S/C19H19Br2NO5/c1-10(2)14-8-13(4-5-17(14)23)26-18-15(20)6-12(7-16(18)21)9-22-27-11(3)19(24)25/h4-11,23H,1-3H3,(H,24,25)/b22-9+. The summed E-state index contributed by atoms with van der Waals surface area (Å²) in [5.74, 6) is 0.461. The zero-order chi connectivity index (χ0) is 20.1. The number of nitrogens with zero attached hydrogens (tertiary/aromatic N) is 1. The maximum absolute atomic E-state index is 10.7. The molecule has 0 aliphatic heterocycles. The van der Waals surface area contributed by atoms with Crippen LogP contribution in [0.4, 0.5) is 0 Å². The van der Waals surface area contributed by atoms with Gasteiger partial charge in [0.05, 0.1) is 15.2 Å². The number of rotatable bonds is 7. The number of hydrogen-bond acceptors (Lipinski definition) is 5. The average Bonchev–Trinajstić information content (AvgIpc) is 2.59. The lowest BCUT2D eigenvalue weighted by molar-refractivity contribution is -0.149. The summed E-state index contributed by atoms with van der Waals surface area (Å²) in [6.45, 7) is 5.38. The Morgan fingerprint density at radius 3 is 2.33 bits per heavy atom. The second kappa shape index (κ2) is 9.23. The van der Waals surface area contributed by atoms with Gasteiger partial charge in [-0.15, -0.1) is 0 Å². The van der Waals surface area contributed by atoms with Gasteiger partial charge >= 0.3 is 5.97 Å². The smallest absolute Gasteiger partial charge is 0.347 e. The molecule has 0 spiro atoms. The lowest BCUT2D eigenvalue weighted by Gasteiger charge is -2.14. The van der Waals surface area contributed by atoms with Gasteiger partial charge in [-0.05, 0) is 80.6 Å². The Balaban J connectivity index is 2.21. The number of carbonyl (C=O) groups is 1. The summed E-state index contributed by atoms with van der Waals surface area (Å²) in [4.78, 5) is 15.6. The van der Waals surface area contributed by atoms with Crippen molar-refractivity contribution in [3.05, 3.63) is 50.4 Å². The van der Waals surface area contributed by atoms with E-state index in [2.05, 4.69) is 37.0 Å². The molecule has 27 heavy (non-hydrogen) atoms. The van der Waals surface area contributed by atoms with Crippen molar-refractivity contribution in [2.45, 2.75) is 32.8 Å². The van der Waals surface area contributed by atoms with Gasteiger partial charge in [0.15, 0.2) is 5.75 Å². The number of halogens is 2. The molecule has 8 heteroatoms. The largest absolute Gasteiger partial charge is 0.508 e. The molecular formula is C19H19Br2NO5. The molecule has 0 heterocycles. The van der Waals surface area contributed by atoms with Crippen LogP contribution in [0.5, 0.6) is 17.2 Å². The van der Waals surface area contributed by atoms with Gasteiger partial charge in [0.1, 0.15) is 11.5 Å². The van der Waals surface area contributed by atoms with Crippen LogP contribution in [0, 0.1) is 0 Å². The lowest BCUT2D eigenvalue weighted by atomic mass is 10.0. The van der Waals surface area contributed by atoms with Crippen LogP contribution in [0.1, 0.15) is 37.8 Å². The summed E-state index contributed by atoms with van der Waals surface area (Å²) < 4.78 is 7.30. The number of aliphatic carboxylic acids is 1. The number of phenols is 1. The van der Waals surface area contributed by atoms with Crippen LogP contribution in [0.15, 0.2) is 44.4 Å². The number of aromatic hydroxyl groups is 1. The third-order valence-electron chi connectivity index (χ3n) is 3.63. The molecule has 0 aliphatic carbocycles. The Hall–Kier alpha value is -2.06. The monoisotopic (exact) mass is 499 g/mol. The maximum atomic E-state index is 10.7. The van der Waals surface area contributed by atoms with Crippen LogP contribution in [0.25, 0.3) is 0 Å². The Kier molecular flexibility index (Phi) is 7.26. The molecule has 0 saturated heterocycles. The molecule has 0 amide bonds. The maximum Gasteiger partial charge on any atom is 0.347 e. The van der Waals surface area contributed by atoms with Crippen molar-refractivity contribution in [3.8, 4) is 17.2 Å². The van der Waals surface area contributed by atoms with Gasteiger partial charge in [-0.25, -0.2) is 4.79 Å². The van der Waals surface area contributed by atoms with E-state index in [1.165, 1.54) is 13.1 Å². The van der Waals surface area contributed by atoms with Gasteiger partial charge in [-0.1, -0.05) is 19.0 Å². The van der Waals surface area contributed by atoms with E-state index in [1.54, 1.807) is 30.3 Å². The van der Waals surface area contributed by atoms with Crippen molar-refractivity contribution in [1.82, 2.24) is 0 Å². The van der Waals surface area contributed by atoms with Crippen LogP contribution < -0.4 is 4.74 Å². The zero-order valence-electron chi connectivity index (χ0n) is 14.9. The molecule has 0 saturated carbocycles. The first-order chi connectivity index (χ1) is 12.7. The molecule has 1 unspecified atom stereocenters. The van der Waals surface area contributed by atoms with Crippen molar-refractivity contribution in [1.29, 1.82) is 0 Å². The minimum atomic E-state index is -1.09. The minimum Gasteiger partial charge on any atom is -0.508 e. The second-order valence-corrected chi connectivity index (χ2v) is 7.82. The van der Waals surface area contributed by atoms with Gasteiger partial charge in [0.2, 0.25) is 6.10 Å². The van der Waals surface area contributed by atoms with Gasteiger partial charge in [0, 0.05) is 5.56 Å². The summed E-state index contributed by atoms with van der Waals surface area (Å²) in [5.41, 5.74) is 1.49. The number of ether oxygens (including phenoxy) is 1. The van der Waals surface area contributed by atoms with E-state index >= 15 is 0 Å². The van der Waals surface area contributed by atoms with Crippen molar-refractivity contribution in [2.75, 3.05) is 0 Å². The fourth-order valence-corrected chi connectivity index (χ4v) is 3.54. The highest BCUT2D eigenvalue weighted by molar-refractivity contribution is 9.11. The average molecular weight is 501 g/mol. The summed E-state index contributed by atoms with van der Waals surface area (Å²) in [5, 5.41) is 22.4. The third kappa shape index (κ3) is 5.71. The van der Waals surface area contributed by atoms with Gasteiger partial charge in [-0.3, -0.25) is 0 Å². The van der Waals surface area contributed by atoms with Crippen molar-refractivity contribution < 1.29 is 24.6 Å². The SMILES string of the molecule is CC(O/N=C/c1cc(Br)c(Oc2ccc(O)c(C(C)C)c2)c(Br)c1)C(=O)O. The molecule has 2 N–H and O–H groups in total. The minimum absolute atomic E-state index is 0.159. The van der Waals surface area contributed by atoms with E-state index in [4.69, 9.17) is 14.7 Å². The normalized spacial score (nSPS) is 12.4. The molecule has 0 aliphatic rings. The summed E-state index contributed by atoms with van der Waals surface area (Å²) in [6.07, 6.45) is 0.385. The quantitative estimate of drug-likeness (QED) is 0.378. The molecule has 6 nitrogen and oxygen atoms in total. The predicted octanol–water partition coefficient (Wildman–Crippen LogP) is 5.66. The fourth-order valence-electron chi connectivity index (χ4n) is 2.16. The predicted molar refractivity (Wildman–Crippen MR) is 110 cm³/mol. The first kappa shape index (κ1) is 21.2. The number of hydrogen-bond donors (Lipinski definition) is 2. The van der Waals surface area contributed by atoms with Crippen LogP contribution in [-0.4, -0.2) is 28.5 Å². The number of benzene rings is 2. The molecule has 0 aromatic heterocycles. The van der Waals surface area contributed by atoms with Crippen molar-refractivity contribution >= 4 is 44.0 Å². The Bertz CT molecular complexity index is 844. The molecule has 2 rings (SSSR count). The zero-order valence-corrected chi connectivity index (χ0v) is 18.1. The first-order valence-electron chi connectivity index (χ1n) is 8.10. The molecular weight excluding hydrogens is 482 g/mol. The fraction of sp³-hybridized carbons (Fsp3) is 0.263. The van der Waals surface area contributed by atoms with Gasteiger partial charge in [-0.2, -0.15) is 0 Å². The Morgan fingerprint density at radius 1 is 1.15 bits per heavy atom.